The highest BCUT2D eigenvalue weighted by atomic mass is 16.5. The predicted octanol–water partition coefficient (Wildman–Crippen LogP) is 6.52. The van der Waals surface area contributed by atoms with Gasteiger partial charge in [0.2, 0.25) is 5.82 Å². The number of aromatic hydroxyl groups is 1. The summed E-state index contributed by atoms with van der Waals surface area (Å²) in [6.45, 7) is 13.2. The fraction of sp³-hybridized carbons (Fsp3) is 0.324. The molecule has 4 bridgehead atoms. The lowest BCUT2D eigenvalue weighted by atomic mass is 9.93. The van der Waals surface area contributed by atoms with E-state index in [0.717, 1.165) is 41.9 Å². The molecular formula is C34H35N5O4. The van der Waals surface area contributed by atoms with Crippen LogP contribution in [0.3, 0.4) is 0 Å². The normalized spacial score (nSPS) is 16.0. The van der Waals surface area contributed by atoms with Crippen LogP contribution in [0.15, 0.2) is 54.6 Å². The van der Waals surface area contributed by atoms with Crippen LogP contribution in [0, 0.1) is 26.3 Å². The van der Waals surface area contributed by atoms with Crippen LogP contribution in [0.4, 0.5) is 17.2 Å². The van der Waals surface area contributed by atoms with Crippen LogP contribution in [0.1, 0.15) is 51.4 Å². The molecule has 7 rings (SSSR count). The van der Waals surface area contributed by atoms with Crippen molar-refractivity contribution in [3.8, 4) is 22.8 Å². The molecule has 1 N–H and O–H groups in total. The number of nitrogens with zero attached hydrogens (tertiary/aromatic N) is 5. The topological polar surface area (TPSA) is 84.3 Å². The van der Waals surface area contributed by atoms with Crippen molar-refractivity contribution >= 4 is 29.0 Å². The molecule has 3 aliphatic rings. The van der Waals surface area contributed by atoms with E-state index in [1.165, 1.54) is 0 Å². The van der Waals surface area contributed by atoms with Gasteiger partial charge in [0.1, 0.15) is 17.2 Å². The molecule has 5 heterocycles. The van der Waals surface area contributed by atoms with Crippen LogP contribution in [0.25, 0.3) is 16.1 Å². The Morgan fingerprint density at radius 3 is 2.26 bits per heavy atom. The fourth-order valence-electron chi connectivity index (χ4n) is 6.27. The molecule has 2 amide bonds. The maximum Gasteiger partial charge on any atom is 0.264 e. The smallest absolute Gasteiger partial charge is 0.264 e. The number of carbonyl (C=O) groups excluding carboxylic acids is 2. The van der Waals surface area contributed by atoms with Gasteiger partial charge in [-0.2, -0.15) is 0 Å². The first-order valence-electron chi connectivity index (χ1n) is 14.6. The fourth-order valence-corrected chi connectivity index (χ4v) is 6.27. The zero-order valence-electron chi connectivity index (χ0n) is 24.9. The molecular weight excluding hydrogens is 542 g/mol. The van der Waals surface area contributed by atoms with Gasteiger partial charge in [-0.05, 0) is 69.4 Å². The SMILES string of the molecule is [C-]#[N+]c1cc(N2C(=O)c3cc(n(C)c3C)-c3ccccc3C(=O)N3CCC(CCOc4cc(O)ccc42)CC3)c(C)n1C. The van der Waals surface area contributed by atoms with Crippen molar-refractivity contribution in [2.45, 2.75) is 33.1 Å². The Morgan fingerprint density at radius 1 is 0.837 bits per heavy atom. The first-order valence-corrected chi connectivity index (χ1v) is 14.6. The molecule has 0 aliphatic carbocycles. The van der Waals surface area contributed by atoms with Gasteiger partial charge in [0.15, 0.2) is 0 Å². The maximum absolute atomic E-state index is 14.7. The van der Waals surface area contributed by atoms with Crippen LogP contribution in [0.2, 0.25) is 0 Å². The maximum atomic E-state index is 14.7. The molecule has 2 aromatic carbocycles. The highest BCUT2D eigenvalue weighted by molar-refractivity contribution is 6.14. The molecule has 0 unspecified atom stereocenters. The van der Waals surface area contributed by atoms with Gasteiger partial charge in [0.25, 0.3) is 11.8 Å². The summed E-state index contributed by atoms with van der Waals surface area (Å²) in [6.07, 6.45) is 2.55. The van der Waals surface area contributed by atoms with E-state index in [1.54, 1.807) is 40.8 Å². The zero-order chi connectivity index (χ0) is 30.4. The van der Waals surface area contributed by atoms with E-state index < -0.39 is 0 Å². The molecule has 9 heteroatoms. The molecule has 0 radical (unpaired) electrons. The van der Waals surface area contributed by atoms with Crippen molar-refractivity contribution in [1.82, 2.24) is 14.0 Å². The third-order valence-electron chi connectivity index (χ3n) is 9.11. The van der Waals surface area contributed by atoms with Gasteiger partial charge in [-0.25, -0.2) is 0 Å². The van der Waals surface area contributed by atoms with Crippen molar-refractivity contribution in [1.29, 1.82) is 0 Å². The number of anilines is 2. The number of phenolic OH excluding ortho intramolecular Hbond substituents is 1. The van der Waals surface area contributed by atoms with Crippen LogP contribution < -0.4 is 9.64 Å². The molecule has 1 saturated heterocycles. The van der Waals surface area contributed by atoms with Gasteiger partial charge in [-0.3, -0.25) is 19.1 Å². The molecule has 0 atom stereocenters. The third kappa shape index (κ3) is 4.83. The third-order valence-corrected chi connectivity index (χ3v) is 9.11. The van der Waals surface area contributed by atoms with Crippen LogP contribution in [-0.2, 0) is 14.1 Å². The second-order valence-electron chi connectivity index (χ2n) is 11.4. The molecule has 0 spiro atoms. The minimum absolute atomic E-state index is 0.00237. The standard InChI is InChI=1S/C34H35N5O4/c1-21-27-19-30(36(21)4)25-8-6-7-9-26(25)33(41)38-15-12-23(13-16-38)14-17-43-31-18-24(40)10-11-28(31)39(34(27)42)29-20-32(35-3)37(5)22(29)2/h6-11,18-20,23,40H,12-17H2,1-2,4-5H3. The molecule has 1 fully saturated rings. The number of hydrogen-bond donors (Lipinski definition) is 1. The number of hydrogen-bond acceptors (Lipinski definition) is 4. The van der Waals surface area contributed by atoms with Crippen molar-refractivity contribution in [2.24, 2.45) is 20.0 Å². The average molecular weight is 578 g/mol. The van der Waals surface area contributed by atoms with Crippen molar-refractivity contribution in [3.63, 3.8) is 0 Å². The number of ether oxygens (including phenoxy) is 1. The molecule has 2 aromatic heterocycles. The molecule has 43 heavy (non-hydrogen) atoms. The van der Waals surface area contributed by atoms with Gasteiger partial charge >= 0.3 is 0 Å². The van der Waals surface area contributed by atoms with Gasteiger partial charge < -0.3 is 24.2 Å². The zero-order valence-corrected chi connectivity index (χ0v) is 24.9. The van der Waals surface area contributed by atoms with E-state index >= 15 is 0 Å². The second kappa shape index (κ2) is 11.0. The summed E-state index contributed by atoms with van der Waals surface area (Å²) in [5, 5.41) is 10.4. The lowest BCUT2D eigenvalue weighted by molar-refractivity contribution is 0.0680. The Morgan fingerprint density at radius 2 is 1.56 bits per heavy atom. The van der Waals surface area contributed by atoms with Gasteiger partial charge in [-0.15, -0.1) is 0 Å². The summed E-state index contributed by atoms with van der Waals surface area (Å²) in [4.78, 5) is 35.7. The van der Waals surface area contributed by atoms with Gasteiger partial charge in [-0.1, -0.05) is 24.8 Å². The van der Waals surface area contributed by atoms with E-state index in [4.69, 9.17) is 11.3 Å². The number of carbonyl (C=O) groups is 2. The van der Waals surface area contributed by atoms with Crippen molar-refractivity contribution in [3.05, 3.63) is 88.5 Å². The number of rotatable bonds is 1. The number of fused-ring (bicyclic) bond motifs is 5. The first kappa shape index (κ1) is 28.2. The Labute approximate surface area is 251 Å². The minimum Gasteiger partial charge on any atom is -0.508 e. The van der Waals surface area contributed by atoms with E-state index in [9.17, 15) is 14.7 Å². The van der Waals surface area contributed by atoms with Gasteiger partial charge in [0.05, 0.1) is 30.6 Å². The van der Waals surface area contributed by atoms with Crippen LogP contribution in [-0.4, -0.2) is 50.7 Å². The second-order valence-corrected chi connectivity index (χ2v) is 11.4. The highest BCUT2D eigenvalue weighted by Crippen LogP contribution is 2.42. The monoisotopic (exact) mass is 577 g/mol. The van der Waals surface area contributed by atoms with Crippen LogP contribution >= 0.6 is 0 Å². The lowest BCUT2D eigenvalue weighted by Gasteiger charge is -2.32. The first-order chi connectivity index (χ1) is 20.7. The summed E-state index contributed by atoms with van der Waals surface area (Å²) in [5.74, 6) is 0.897. The summed E-state index contributed by atoms with van der Waals surface area (Å²) in [7, 11) is 3.70. The van der Waals surface area contributed by atoms with Gasteiger partial charge in [0, 0.05) is 48.7 Å². The predicted molar refractivity (Wildman–Crippen MR) is 165 cm³/mol. The number of benzene rings is 2. The molecule has 9 nitrogen and oxygen atoms in total. The van der Waals surface area contributed by atoms with Crippen LogP contribution in [0.5, 0.6) is 11.5 Å². The Balaban J connectivity index is 1.59. The summed E-state index contributed by atoms with van der Waals surface area (Å²) in [5.41, 5.74) is 5.11. The van der Waals surface area contributed by atoms with E-state index in [1.807, 2.05) is 60.7 Å². The Bertz CT molecular complexity index is 1780. The highest BCUT2D eigenvalue weighted by Gasteiger charge is 2.32. The van der Waals surface area contributed by atoms with E-state index in [0.29, 0.717) is 59.7 Å². The number of phenols is 1. The number of aromatic nitrogens is 2. The molecule has 0 saturated carbocycles. The number of amides is 2. The minimum atomic E-state index is -0.308. The van der Waals surface area contributed by atoms with E-state index in [2.05, 4.69) is 4.85 Å². The summed E-state index contributed by atoms with van der Waals surface area (Å²) < 4.78 is 10.0. The van der Waals surface area contributed by atoms with Crippen molar-refractivity contribution < 1.29 is 19.4 Å². The summed E-state index contributed by atoms with van der Waals surface area (Å²) in [6, 6.07) is 15.9. The van der Waals surface area contributed by atoms with E-state index in [-0.39, 0.29) is 17.6 Å². The van der Waals surface area contributed by atoms with Crippen molar-refractivity contribution in [2.75, 3.05) is 24.6 Å². The summed E-state index contributed by atoms with van der Waals surface area (Å²) >= 11 is 0. The average Bonchev–Trinajstić information content (AvgIpc) is 3.47. The quantitative estimate of drug-likeness (QED) is 0.261. The molecule has 220 valence electrons. The number of piperidine rings is 1. The molecule has 3 aliphatic heterocycles. The molecule has 4 aromatic rings. The lowest BCUT2D eigenvalue weighted by Crippen LogP contribution is -2.39. The largest absolute Gasteiger partial charge is 0.508 e. The Hall–Kier alpha value is -4.97. The Kier molecular flexibility index (Phi) is 7.22.